The van der Waals surface area contributed by atoms with Crippen LogP contribution in [0, 0.1) is 11.3 Å². The number of amidine groups is 1. The van der Waals surface area contributed by atoms with Gasteiger partial charge in [-0.25, -0.2) is 14.4 Å². The smallest absolute Gasteiger partial charge is 0.481 e. The summed E-state index contributed by atoms with van der Waals surface area (Å²) >= 11 is 1.26. The molecule has 1 saturated heterocycles. The lowest BCUT2D eigenvalue weighted by atomic mass is 9.93. The maximum atomic E-state index is 12.8. The van der Waals surface area contributed by atoms with Gasteiger partial charge in [0.05, 0.1) is 12.0 Å². The highest BCUT2D eigenvalue weighted by atomic mass is 32.1. The van der Waals surface area contributed by atoms with Crippen LogP contribution in [0.25, 0.3) is 0 Å². The molecule has 0 spiro atoms. The monoisotopic (exact) mass is 729 g/mol. The Morgan fingerprint density at radius 2 is 1.45 bits per heavy atom. The minimum absolute atomic E-state index is 0.0804. The number of ether oxygens (including phenoxy) is 1. The highest BCUT2D eigenvalue weighted by Crippen LogP contribution is 2.27. The standard InChI is InChI=1S/C24H27N3O7S.2C2HF3O2/c25-22(26)14-3-6-16(7-4-14)34-24(33)20-9-8-17(35-20)13-27-11-1-2-18(27)19(28)12-15(23(31)32)5-10-21(29)30;2*3-2(4,5)1(6)7/h3-4,6-9,15,18H,1-2,5,10-13H2,(H3,25,26)(H,29,30)(H,31,32);2*(H,6,7)/t15-,18+;;/m1../s1. The van der Waals surface area contributed by atoms with Gasteiger partial charge in [0.25, 0.3) is 0 Å². The molecule has 0 unspecified atom stereocenters. The first kappa shape index (κ1) is 42.0. The Hall–Kier alpha value is -5.05. The van der Waals surface area contributed by atoms with E-state index in [0.29, 0.717) is 35.7 Å². The van der Waals surface area contributed by atoms with Crippen LogP contribution in [0.4, 0.5) is 26.3 Å². The van der Waals surface area contributed by atoms with Crippen molar-refractivity contribution >= 4 is 52.8 Å². The average Bonchev–Trinajstić information content (AvgIpc) is 3.65. The van der Waals surface area contributed by atoms with Crippen LogP contribution in [0.1, 0.15) is 52.2 Å². The molecule has 2 atom stereocenters. The van der Waals surface area contributed by atoms with Crippen molar-refractivity contribution in [2.75, 3.05) is 6.54 Å². The molecule has 1 aliphatic rings. The highest BCUT2D eigenvalue weighted by Gasteiger charge is 2.39. The molecular weight excluding hydrogens is 700 g/mol. The van der Waals surface area contributed by atoms with Gasteiger partial charge in [0.2, 0.25) is 0 Å². The van der Waals surface area contributed by atoms with Gasteiger partial charge in [0.1, 0.15) is 16.5 Å². The van der Waals surface area contributed by atoms with Crippen LogP contribution in [-0.2, 0) is 30.5 Å². The number of alkyl halides is 6. The van der Waals surface area contributed by atoms with E-state index in [1.165, 1.54) is 11.3 Å². The number of esters is 1. The Bertz CT molecular complexity index is 1490. The minimum Gasteiger partial charge on any atom is -0.481 e. The van der Waals surface area contributed by atoms with Gasteiger partial charge in [-0.05, 0) is 62.2 Å². The summed E-state index contributed by atoms with van der Waals surface area (Å²) in [6.07, 6.45) is -9.35. The van der Waals surface area contributed by atoms with E-state index in [2.05, 4.69) is 0 Å². The zero-order valence-electron chi connectivity index (χ0n) is 24.9. The van der Waals surface area contributed by atoms with Gasteiger partial charge in [0, 0.05) is 29.8 Å². The first-order valence-corrected chi connectivity index (χ1v) is 14.4. The second kappa shape index (κ2) is 18.5. The quantitative estimate of drug-likeness (QED) is 0.0595. The molecule has 0 bridgehead atoms. The third-order valence-electron chi connectivity index (χ3n) is 6.32. The molecule has 0 amide bonds. The Morgan fingerprint density at radius 1 is 0.918 bits per heavy atom. The summed E-state index contributed by atoms with van der Waals surface area (Å²) in [6.45, 7) is 1.11. The molecule has 1 fully saturated rings. The van der Waals surface area contributed by atoms with E-state index in [1.54, 1.807) is 36.4 Å². The van der Waals surface area contributed by atoms with Crippen LogP contribution in [0.2, 0.25) is 0 Å². The van der Waals surface area contributed by atoms with E-state index >= 15 is 0 Å². The fourth-order valence-corrected chi connectivity index (χ4v) is 4.91. The number of ketones is 1. The van der Waals surface area contributed by atoms with E-state index < -0.39 is 54.2 Å². The van der Waals surface area contributed by atoms with E-state index in [1.807, 2.05) is 4.90 Å². The van der Waals surface area contributed by atoms with Gasteiger partial charge >= 0.3 is 42.2 Å². The summed E-state index contributed by atoms with van der Waals surface area (Å²) in [6, 6.07) is 9.32. The van der Waals surface area contributed by atoms with Crippen molar-refractivity contribution in [2.45, 2.75) is 57.0 Å². The number of hydrogen-bond acceptors (Lipinski definition) is 10. The number of nitrogens with two attached hydrogens (primary N) is 1. The third-order valence-corrected chi connectivity index (χ3v) is 7.37. The number of nitrogen functional groups attached to an aromatic ring is 1. The van der Waals surface area contributed by atoms with Crippen molar-refractivity contribution in [1.29, 1.82) is 5.41 Å². The zero-order valence-corrected chi connectivity index (χ0v) is 25.7. The molecule has 7 N–H and O–H groups in total. The van der Waals surface area contributed by atoms with Gasteiger partial charge in [-0.2, -0.15) is 26.3 Å². The van der Waals surface area contributed by atoms with Gasteiger partial charge in [-0.1, -0.05) is 0 Å². The second-order valence-corrected chi connectivity index (χ2v) is 11.1. The molecular formula is C28H29F6N3O11S. The van der Waals surface area contributed by atoms with Gasteiger partial charge < -0.3 is 30.9 Å². The summed E-state index contributed by atoms with van der Waals surface area (Å²) in [5.74, 6) is -9.26. The molecule has 0 aliphatic carbocycles. The molecule has 1 aromatic carbocycles. The number of carboxylic acid groups (broad SMARTS) is 4. The number of thiophene rings is 1. The van der Waals surface area contributed by atoms with Crippen LogP contribution in [0.3, 0.4) is 0 Å². The lowest BCUT2D eigenvalue weighted by Gasteiger charge is -2.24. The predicted octanol–water partition coefficient (Wildman–Crippen LogP) is 4.01. The molecule has 3 rings (SSSR count). The number of nitrogens with zero attached hydrogens (tertiary/aromatic N) is 1. The average molecular weight is 730 g/mol. The highest BCUT2D eigenvalue weighted by molar-refractivity contribution is 7.13. The van der Waals surface area contributed by atoms with Crippen LogP contribution < -0.4 is 10.5 Å². The molecule has 2 aromatic rings. The molecule has 49 heavy (non-hydrogen) atoms. The van der Waals surface area contributed by atoms with Crippen molar-refractivity contribution < 1.29 is 80.3 Å². The Balaban J connectivity index is 0.000000717. The predicted molar refractivity (Wildman–Crippen MR) is 155 cm³/mol. The maximum absolute atomic E-state index is 12.8. The number of hydrogen-bond donors (Lipinski definition) is 6. The minimum atomic E-state index is -5.08. The van der Waals surface area contributed by atoms with Crippen LogP contribution in [0.5, 0.6) is 5.75 Å². The number of rotatable bonds is 12. The van der Waals surface area contributed by atoms with Crippen molar-refractivity contribution in [3.05, 3.63) is 51.7 Å². The van der Waals surface area contributed by atoms with Gasteiger partial charge in [0.15, 0.2) is 5.78 Å². The first-order valence-electron chi connectivity index (χ1n) is 13.6. The molecule has 0 radical (unpaired) electrons. The molecule has 1 aliphatic heterocycles. The van der Waals surface area contributed by atoms with Crippen LogP contribution in [0.15, 0.2) is 36.4 Å². The van der Waals surface area contributed by atoms with Crippen LogP contribution >= 0.6 is 11.3 Å². The number of nitrogens with one attached hydrogen (secondary N) is 1. The van der Waals surface area contributed by atoms with E-state index in [4.69, 9.17) is 40.8 Å². The fraction of sp³-hybridized carbons (Fsp3) is 0.393. The number of Topliss-reactive ketones (excluding diaryl/α,β-unsaturated/α-hetero) is 1. The van der Waals surface area contributed by atoms with Gasteiger partial charge in [-0.3, -0.25) is 24.7 Å². The van der Waals surface area contributed by atoms with Crippen molar-refractivity contribution in [3.63, 3.8) is 0 Å². The first-order chi connectivity index (χ1) is 22.5. The molecule has 14 nitrogen and oxygen atoms in total. The zero-order chi connectivity index (χ0) is 37.7. The van der Waals surface area contributed by atoms with Crippen molar-refractivity contribution in [1.82, 2.24) is 4.90 Å². The van der Waals surface area contributed by atoms with Crippen molar-refractivity contribution in [2.24, 2.45) is 11.7 Å². The SMILES string of the molecule is N=C(N)c1ccc(OC(=O)c2ccc(CN3CCC[C@H]3C(=O)C[C@@H](CCC(=O)O)C(=O)O)s2)cc1.O=C(O)C(F)(F)F.O=C(O)C(F)(F)F. The normalized spacial score (nSPS) is 15.0. The summed E-state index contributed by atoms with van der Waals surface area (Å²) in [7, 11) is 0. The number of benzene rings is 1. The fourth-order valence-electron chi connectivity index (χ4n) is 4.00. The lowest BCUT2D eigenvalue weighted by Crippen LogP contribution is -2.37. The number of halogens is 6. The molecule has 2 heterocycles. The molecule has 270 valence electrons. The summed E-state index contributed by atoms with van der Waals surface area (Å²) in [5, 5.41) is 39.8. The largest absolute Gasteiger partial charge is 0.490 e. The Labute approximate surface area is 276 Å². The van der Waals surface area contributed by atoms with E-state index in [9.17, 15) is 50.6 Å². The number of carboxylic acids is 4. The topological polar surface area (TPSA) is 246 Å². The molecule has 1 aromatic heterocycles. The van der Waals surface area contributed by atoms with Crippen LogP contribution in [-0.4, -0.2) is 91.7 Å². The molecule has 21 heteroatoms. The van der Waals surface area contributed by atoms with E-state index in [-0.39, 0.29) is 30.9 Å². The lowest BCUT2D eigenvalue weighted by molar-refractivity contribution is -0.193. The Kier molecular flexibility index (Phi) is 15.8. The third kappa shape index (κ3) is 15.1. The number of aliphatic carboxylic acids is 4. The maximum Gasteiger partial charge on any atom is 0.490 e. The number of carbonyl (C=O) groups excluding carboxylic acids is 2. The number of carbonyl (C=O) groups is 6. The molecule has 0 saturated carbocycles. The summed E-state index contributed by atoms with van der Waals surface area (Å²) in [4.78, 5) is 68.6. The van der Waals surface area contributed by atoms with Gasteiger partial charge in [-0.15, -0.1) is 11.3 Å². The van der Waals surface area contributed by atoms with E-state index in [0.717, 1.165) is 11.3 Å². The number of likely N-dealkylation sites (tertiary alicyclic amines) is 1. The van der Waals surface area contributed by atoms with Crippen molar-refractivity contribution in [3.8, 4) is 5.75 Å². The second-order valence-electron chi connectivity index (χ2n) is 9.97. The summed E-state index contributed by atoms with van der Waals surface area (Å²) < 4.78 is 68.9. The summed E-state index contributed by atoms with van der Waals surface area (Å²) in [5.41, 5.74) is 5.94. The Morgan fingerprint density at radius 3 is 1.90 bits per heavy atom.